The van der Waals surface area contributed by atoms with Crippen LogP contribution in [0.1, 0.15) is 24.5 Å². The number of benzene rings is 1. The van der Waals surface area contributed by atoms with Crippen molar-refractivity contribution in [3.63, 3.8) is 0 Å². The molecular weight excluding hydrogens is 224 g/mol. The average Bonchev–Trinajstić information content (AvgIpc) is 2.37. The smallest absolute Gasteiger partial charge is 0.225 e. The molecule has 1 rings (SSSR count). The summed E-state index contributed by atoms with van der Waals surface area (Å²) in [4.78, 5) is 11.8. The first-order valence-electron chi connectivity index (χ1n) is 6.39. The third kappa shape index (κ3) is 4.34. The van der Waals surface area contributed by atoms with Gasteiger partial charge in [0.2, 0.25) is 5.91 Å². The molecule has 1 amide bonds. The minimum Gasteiger partial charge on any atom is -0.326 e. The second-order valence-electron chi connectivity index (χ2n) is 4.25. The van der Waals surface area contributed by atoms with Crippen LogP contribution in [0.2, 0.25) is 0 Å². The van der Waals surface area contributed by atoms with E-state index >= 15 is 0 Å². The normalized spacial score (nSPS) is 10.1. The third-order valence-electron chi connectivity index (χ3n) is 2.82. The number of hydrogen-bond donors (Lipinski definition) is 2. The fourth-order valence-corrected chi connectivity index (χ4v) is 1.81. The highest BCUT2D eigenvalue weighted by Gasteiger charge is 2.07. The van der Waals surface area contributed by atoms with Gasteiger partial charge in [-0.1, -0.05) is 31.2 Å². The van der Waals surface area contributed by atoms with Gasteiger partial charge in [-0.2, -0.15) is 0 Å². The molecule has 1 aromatic rings. The van der Waals surface area contributed by atoms with Crippen LogP contribution in [-0.4, -0.2) is 19.0 Å². The van der Waals surface area contributed by atoms with Crippen LogP contribution in [0.25, 0.3) is 0 Å². The van der Waals surface area contributed by atoms with E-state index in [1.807, 2.05) is 19.1 Å². The molecule has 3 nitrogen and oxygen atoms in total. The number of anilines is 1. The van der Waals surface area contributed by atoms with Gasteiger partial charge in [-0.3, -0.25) is 4.79 Å². The van der Waals surface area contributed by atoms with Crippen molar-refractivity contribution in [1.82, 2.24) is 5.32 Å². The summed E-state index contributed by atoms with van der Waals surface area (Å²) < 4.78 is 0. The van der Waals surface area contributed by atoms with Crippen molar-refractivity contribution >= 4 is 11.6 Å². The predicted molar refractivity (Wildman–Crippen MR) is 76.9 cm³/mol. The number of nitrogens with one attached hydrogen (secondary N) is 2. The molecule has 0 aliphatic heterocycles. The maximum atomic E-state index is 11.8. The molecule has 0 saturated carbocycles. The van der Waals surface area contributed by atoms with E-state index in [1.54, 1.807) is 6.08 Å². The second kappa shape index (κ2) is 7.67. The molecule has 0 unspecified atom stereocenters. The number of rotatable bonds is 7. The van der Waals surface area contributed by atoms with E-state index in [9.17, 15) is 4.79 Å². The molecule has 0 aromatic heterocycles. The quantitative estimate of drug-likeness (QED) is 0.573. The molecule has 3 heteroatoms. The van der Waals surface area contributed by atoms with Gasteiger partial charge in [0.25, 0.3) is 0 Å². The Labute approximate surface area is 109 Å². The van der Waals surface area contributed by atoms with E-state index in [0.29, 0.717) is 13.0 Å². The van der Waals surface area contributed by atoms with Crippen molar-refractivity contribution in [1.29, 1.82) is 0 Å². The van der Waals surface area contributed by atoms with Crippen LogP contribution >= 0.6 is 0 Å². The summed E-state index contributed by atoms with van der Waals surface area (Å²) in [5.74, 6) is 0.0514. The molecule has 2 N–H and O–H groups in total. The van der Waals surface area contributed by atoms with E-state index in [0.717, 1.165) is 24.2 Å². The van der Waals surface area contributed by atoms with Gasteiger partial charge in [-0.05, 0) is 24.5 Å². The molecule has 0 aliphatic rings. The lowest BCUT2D eigenvalue weighted by atomic mass is 10.1. The van der Waals surface area contributed by atoms with Gasteiger partial charge in [0.05, 0.1) is 0 Å². The standard InChI is InChI=1S/C15H22N2O/c1-4-10-16-11-9-14(18)17-15-12(3)7-6-8-13(15)5-2/h4,6-8,16H,1,5,9-11H2,2-3H3,(H,17,18). The summed E-state index contributed by atoms with van der Waals surface area (Å²) in [6, 6.07) is 6.10. The third-order valence-corrected chi connectivity index (χ3v) is 2.82. The van der Waals surface area contributed by atoms with Gasteiger partial charge in [-0.25, -0.2) is 0 Å². The molecular formula is C15H22N2O. The summed E-state index contributed by atoms with van der Waals surface area (Å²) >= 11 is 0. The summed E-state index contributed by atoms with van der Waals surface area (Å²) in [6.45, 7) is 9.13. The van der Waals surface area contributed by atoms with Crippen LogP contribution in [0, 0.1) is 6.92 Å². The summed E-state index contributed by atoms with van der Waals surface area (Å²) in [6.07, 6.45) is 3.19. The number of para-hydroxylation sites is 1. The molecule has 18 heavy (non-hydrogen) atoms. The lowest BCUT2D eigenvalue weighted by Crippen LogP contribution is -2.22. The largest absolute Gasteiger partial charge is 0.326 e. The first-order valence-corrected chi connectivity index (χ1v) is 6.39. The molecule has 0 radical (unpaired) electrons. The zero-order chi connectivity index (χ0) is 13.4. The summed E-state index contributed by atoms with van der Waals surface area (Å²) in [5, 5.41) is 6.12. The van der Waals surface area contributed by atoms with E-state index in [4.69, 9.17) is 0 Å². The Morgan fingerprint density at radius 3 is 2.89 bits per heavy atom. The van der Waals surface area contributed by atoms with Crippen LogP contribution in [0.5, 0.6) is 0 Å². The molecule has 0 spiro atoms. The highest BCUT2D eigenvalue weighted by Crippen LogP contribution is 2.21. The highest BCUT2D eigenvalue weighted by molar-refractivity contribution is 5.92. The van der Waals surface area contributed by atoms with E-state index in [1.165, 1.54) is 5.56 Å². The molecule has 1 aromatic carbocycles. The van der Waals surface area contributed by atoms with Gasteiger partial charge in [0.1, 0.15) is 0 Å². The minimum atomic E-state index is 0.0514. The van der Waals surface area contributed by atoms with E-state index in [2.05, 4.69) is 30.2 Å². The lowest BCUT2D eigenvalue weighted by molar-refractivity contribution is -0.116. The SMILES string of the molecule is C=CCNCCC(=O)Nc1c(C)cccc1CC. The number of amides is 1. The van der Waals surface area contributed by atoms with Crippen molar-refractivity contribution in [3.05, 3.63) is 42.0 Å². The summed E-state index contributed by atoms with van der Waals surface area (Å²) in [7, 11) is 0. The average molecular weight is 246 g/mol. The molecule has 98 valence electrons. The molecule has 0 fully saturated rings. The van der Waals surface area contributed by atoms with Gasteiger partial charge < -0.3 is 10.6 Å². The monoisotopic (exact) mass is 246 g/mol. The van der Waals surface area contributed by atoms with Crippen molar-refractivity contribution in [2.75, 3.05) is 18.4 Å². The number of carbonyl (C=O) groups is 1. The Morgan fingerprint density at radius 2 is 2.22 bits per heavy atom. The van der Waals surface area contributed by atoms with Crippen LogP contribution < -0.4 is 10.6 Å². The number of carbonyl (C=O) groups excluding carboxylic acids is 1. The molecule has 0 atom stereocenters. The Balaban J connectivity index is 2.56. The van der Waals surface area contributed by atoms with Crippen molar-refractivity contribution in [2.45, 2.75) is 26.7 Å². The second-order valence-corrected chi connectivity index (χ2v) is 4.25. The van der Waals surface area contributed by atoms with Crippen molar-refractivity contribution in [2.24, 2.45) is 0 Å². The van der Waals surface area contributed by atoms with Crippen LogP contribution in [-0.2, 0) is 11.2 Å². The number of aryl methyl sites for hydroxylation is 2. The summed E-state index contributed by atoms with van der Waals surface area (Å²) in [5.41, 5.74) is 3.26. The zero-order valence-electron chi connectivity index (χ0n) is 11.3. The van der Waals surface area contributed by atoms with Crippen LogP contribution in [0.15, 0.2) is 30.9 Å². The van der Waals surface area contributed by atoms with Crippen LogP contribution in [0.3, 0.4) is 0 Å². The van der Waals surface area contributed by atoms with Crippen molar-refractivity contribution < 1.29 is 4.79 Å². The van der Waals surface area contributed by atoms with Gasteiger partial charge in [0, 0.05) is 25.2 Å². The van der Waals surface area contributed by atoms with Gasteiger partial charge in [-0.15, -0.1) is 6.58 Å². The topological polar surface area (TPSA) is 41.1 Å². The Morgan fingerprint density at radius 1 is 1.44 bits per heavy atom. The fourth-order valence-electron chi connectivity index (χ4n) is 1.81. The molecule has 0 bridgehead atoms. The first kappa shape index (κ1) is 14.5. The van der Waals surface area contributed by atoms with E-state index < -0.39 is 0 Å². The first-order chi connectivity index (χ1) is 8.69. The maximum absolute atomic E-state index is 11.8. The molecule has 0 aliphatic carbocycles. The zero-order valence-corrected chi connectivity index (χ0v) is 11.3. The molecule has 0 saturated heterocycles. The Hall–Kier alpha value is -1.61. The minimum absolute atomic E-state index is 0.0514. The number of hydrogen-bond acceptors (Lipinski definition) is 2. The van der Waals surface area contributed by atoms with E-state index in [-0.39, 0.29) is 5.91 Å². The Bertz CT molecular complexity index is 413. The predicted octanol–water partition coefficient (Wildman–Crippen LogP) is 2.66. The van der Waals surface area contributed by atoms with Gasteiger partial charge in [0.15, 0.2) is 0 Å². The van der Waals surface area contributed by atoms with Crippen molar-refractivity contribution in [3.8, 4) is 0 Å². The molecule has 0 heterocycles. The van der Waals surface area contributed by atoms with Crippen LogP contribution in [0.4, 0.5) is 5.69 Å². The highest BCUT2D eigenvalue weighted by atomic mass is 16.1. The fraction of sp³-hybridized carbons (Fsp3) is 0.400. The van der Waals surface area contributed by atoms with Gasteiger partial charge >= 0.3 is 0 Å². The maximum Gasteiger partial charge on any atom is 0.225 e. The lowest BCUT2D eigenvalue weighted by Gasteiger charge is -2.13. The Kier molecular flexibility index (Phi) is 6.15.